The van der Waals surface area contributed by atoms with Crippen molar-refractivity contribution >= 4 is 5.97 Å². The molecule has 2 rings (SSSR count). The van der Waals surface area contributed by atoms with Gasteiger partial charge in [-0.3, -0.25) is 4.79 Å². The molecule has 86 valence electrons. The van der Waals surface area contributed by atoms with Crippen molar-refractivity contribution in [3.05, 3.63) is 0 Å². The van der Waals surface area contributed by atoms with E-state index in [1.54, 1.807) is 0 Å². The Labute approximate surface area is 90.8 Å². The standard InChI is InChI=1S/C12H20O3/c1-12(2,3)15-11(14)10-8-4-7(6-13)5-9(8)10/h7-10,13H,4-6H2,1-3H3. The Kier molecular flexibility index (Phi) is 2.53. The molecule has 2 unspecified atom stereocenters. The second-order valence-corrected chi connectivity index (χ2v) is 5.91. The van der Waals surface area contributed by atoms with E-state index in [1.807, 2.05) is 20.8 Å². The molecule has 0 heterocycles. The first kappa shape index (κ1) is 10.9. The van der Waals surface area contributed by atoms with Crippen LogP contribution in [0, 0.1) is 23.7 Å². The molecule has 1 N–H and O–H groups in total. The highest BCUT2D eigenvalue weighted by molar-refractivity contribution is 5.77. The molecule has 0 aliphatic heterocycles. The fourth-order valence-corrected chi connectivity index (χ4v) is 2.82. The van der Waals surface area contributed by atoms with Crippen molar-refractivity contribution in [3.63, 3.8) is 0 Å². The van der Waals surface area contributed by atoms with E-state index >= 15 is 0 Å². The summed E-state index contributed by atoms with van der Waals surface area (Å²) in [7, 11) is 0. The normalized spacial score (nSPS) is 38.7. The first-order chi connectivity index (χ1) is 6.92. The van der Waals surface area contributed by atoms with Crippen LogP contribution in [-0.2, 0) is 9.53 Å². The van der Waals surface area contributed by atoms with Crippen molar-refractivity contribution in [1.29, 1.82) is 0 Å². The Balaban J connectivity index is 1.83. The third kappa shape index (κ3) is 2.17. The molecule has 0 bridgehead atoms. The largest absolute Gasteiger partial charge is 0.460 e. The highest BCUT2D eigenvalue weighted by Crippen LogP contribution is 2.60. The Hall–Kier alpha value is -0.570. The summed E-state index contributed by atoms with van der Waals surface area (Å²) in [5.41, 5.74) is -0.371. The van der Waals surface area contributed by atoms with E-state index in [0.29, 0.717) is 17.8 Å². The zero-order chi connectivity index (χ0) is 11.2. The molecule has 0 amide bonds. The van der Waals surface area contributed by atoms with Gasteiger partial charge in [0.15, 0.2) is 0 Å². The van der Waals surface area contributed by atoms with Crippen LogP contribution in [0.1, 0.15) is 33.6 Å². The smallest absolute Gasteiger partial charge is 0.310 e. The maximum atomic E-state index is 11.7. The predicted octanol–water partition coefficient (Wildman–Crippen LogP) is 1.59. The van der Waals surface area contributed by atoms with Crippen LogP contribution < -0.4 is 0 Å². The fraction of sp³-hybridized carbons (Fsp3) is 0.917. The number of fused-ring (bicyclic) bond motifs is 1. The molecule has 0 aromatic rings. The first-order valence-electron chi connectivity index (χ1n) is 5.76. The maximum Gasteiger partial charge on any atom is 0.310 e. The van der Waals surface area contributed by atoms with Gasteiger partial charge in [0.05, 0.1) is 5.92 Å². The number of hydrogen-bond donors (Lipinski definition) is 1. The van der Waals surface area contributed by atoms with Gasteiger partial charge in [-0.1, -0.05) is 0 Å². The Morgan fingerprint density at radius 2 is 1.87 bits per heavy atom. The SMILES string of the molecule is CC(C)(C)OC(=O)C1C2CC(CO)CC21. The third-order valence-electron chi connectivity index (χ3n) is 3.48. The van der Waals surface area contributed by atoms with E-state index in [4.69, 9.17) is 9.84 Å². The minimum atomic E-state index is -0.371. The number of carbonyl (C=O) groups is 1. The van der Waals surface area contributed by atoms with Crippen molar-refractivity contribution in [1.82, 2.24) is 0 Å². The molecule has 2 fully saturated rings. The molecule has 3 nitrogen and oxygen atoms in total. The summed E-state index contributed by atoms with van der Waals surface area (Å²) in [6.07, 6.45) is 2.01. The number of ether oxygens (including phenoxy) is 1. The van der Waals surface area contributed by atoms with Crippen molar-refractivity contribution in [2.75, 3.05) is 6.61 Å². The third-order valence-corrected chi connectivity index (χ3v) is 3.48. The average Bonchev–Trinajstić information content (AvgIpc) is 2.60. The van der Waals surface area contributed by atoms with Gasteiger partial charge < -0.3 is 9.84 Å². The lowest BCUT2D eigenvalue weighted by atomic mass is 10.0. The number of hydrogen-bond acceptors (Lipinski definition) is 3. The summed E-state index contributed by atoms with van der Waals surface area (Å²) in [6, 6.07) is 0. The molecule has 2 saturated carbocycles. The Bertz CT molecular complexity index is 255. The number of carbonyl (C=O) groups excluding carboxylic acids is 1. The predicted molar refractivity (Wildman–Crippen MR) is 56.1 cm³/mol. The Morgan fingerprint density at radius 1 is 1.33 bits per heavy atom. The molecule has 2 aliphatic rings. The van der Waals surface area contributed by atoms with E-state index in [1.165, 1.54) is 0 Å². The van der Waals surface area contributed by atoms with E-state index in [9.17, 15) is 4.79 Å². The lowest BCUT2D eigenvalue weighted by Crippen LogP contribution is -2.26. The van der Waals surface area contributed by atoms with Gasteiger partial charge in [-0.25, -0.2) is 0 Å². The number of aliphatic hydroxyl groups is 1. The summed E-state index contributed by atoms with van der Waals surface area (Å²) >= 11 is 0. The van der Waals surface area contributed by atoms with Crippen LogP contribution in [0.4, 0.5) is 0 Å². The lowest BCUT2D eigenvalue weighted by Gasteiger charge is -2.20. The molecule has 0 spiro atoms. The zero-order valence-electron chi connectivity index (χ0n) is 9.69. The lowest BCUT2D eigenvalue weighted by molar-refractivity contribution is -0.157. The van der Waals surface area contributed by atoms with Gasteiger partial charge in [0.25, 0.3) is 0 Å². The summed E-state index contributed by atoms with van der Waals surface area (Å²) in [4.78, 5) is 11.7. The molecule has 15 heavy (non-hydrogen) atoms. The molecule has 2 atom stereocenters. The van der Waals surface area contributed by atoms with E-state index in [0.717, 1.165) is 12.8 Å². The highest BCUT2D eigenvalue weighted by atomic mass is 16.6. The van der Waals surface area contributed by atoms with E-state index < -0.39 is 0 Å². The maximum absolute atomic E-state index is 11.7. The summed E-state index contributed by atoms with van der Waals surface area (Å²) in [6.45, 7) is 5.98. The zero-order valence-corrected chi connectivity index (χ0v) is 9.69. The fourth-order valence-electron chi connectivity index (χ4n) is 2.82. The van der Waals surface area contributed by atoms with Crippen LogP contribution in [-0.4, -0.2) is 23.3 Å². The van der Waals surface area contributed by atoms with Crippen molar-refractivity contribution in [2.24, 2.45) is 23.7 Å². The molecule has 3 heteroatoms. The molecule has 0 radical (unpaired) electrons. The Morgan fingerprint density at radius 3 is 2.27 bits per heavy atom. The monoisotopic (exact) mass is 212 g/mol. The van der Waals surface area contributed by atoms with Gasteiger partial charge in [-0.15, -0.1) is 0 Å². The van der Waals surface area contributed by atoms with Gasteiger partial charge in [-0.05, 0) is 51.4 Å². The molecule has 0 aromatic carbocycles. The van der Waals surface area contributed by atoms with Crippen LogP contribution >= 0.6 is 0 Å². The number of esters is 1. The van der Waals surface area contributed by atoms with Crippen LogP contribution in [0.5, 0.6) is 0 Å². The minimum Gasteiger partial charge on any atom is -0.460 e. The van der Waals surface area contributed by atoms with Crippen molar-refractivity contribution < 1.29 is 14.6 Å². The van der Waals surface area contributed by atoms with Gasteiger partial charge in [0.1, 0.15) is 5.60 Å². The summed E-state index contributed by atoms with van der Waals surface area (Å²) < 4.78 is 5.37. The summed E-state index contributed by atoms with van der Waals surface area (Å²) in [5.74, 6) is 1.52. The van der Waals surface area contributed by atoms with Crippen LogP contribution in [0.3, 0.4) is 0 Å². The van der Waals surface area contributed by atoms with Gasteiger partial charge >= 0.3 is 5.97 Å². The topological polar surface area (TPSA) is 46.5 Å². The van der Waals surface area contributed by atoms with Crippen LogP contribution in [0.15, 0.2) is 0 Å². The minimum absolute atomic E-state index is 0.0334. The molecular formula is C12H20O3. The van der Waals surface area contributed by atoms with Crippen LogP contribution in [0.2, 0.25) is 0 Å². The number of aliphatic hydroxyl groups excluding tert-OH is 1. The van der Waals surface area contributed by atoms with Gasteiger partial charge in [-0.2, -0.15) is 0 Å². The van der Waals surface area contributed by atoms with Crippen molar-refractivity contribution in [2.45, 2.75) is 39.2 Å². The van der Waals surface area contributed by atoms with E-state index in [2.05, 4.69) is 0 Å². The first-order valence-corrected chi connectivity index (χ1v) is 5.76. The van der Waals surface area contributed by atoms with Gasteiger partial charge in [0, 0.05) is 6.61 Å². The summed E-state index contributed by atoms with van der Waals surface area (Å²) in [5, 5.41) is 9.00. The highest BCUT2D eigenvalue weighted by Gasteiger charge is 2.60. The average molecular weight is 212 g/mol. The molecule has 2 aliphatic carbocycles. The number of rotatable bonds is 2. The molecular weight excluding hydrogens is 192 g/mol. The van der Waals surface area contributed by atoms with Crippen LogP contribution in [0.25, 0.3) is 0 Å². The van der Waals surface area contributed by atoms with E-state index in [-0.39, 0.29) is 24.1 Å². The molecule has 0 aromatic heterocycles. The second-order valence-electron chi connectivity index (χ2n) is 5.91. The van der Waals surface area contributed by atoms with Crippen molar-refractivity contribution in [3.8, 4) is 0 Å². The quantitative estimate of drug-likeness (QED) is 0.707. The second kappa shape index (κ2) is 3.48. The molecule has 0 saturated heterocycles. The van der Waals surface area contributed by atoms with Gasteiger partial charge in [0.2, 0.25) is 0 Å².